The van der Waals surface area contributed by atoms with Gasteiger partial charge in [-0.3, -0.25) is 9.36 Å². The highest BCUT2D eigenvalue weighted by atomic mass is 35.5. The first-order valence-corrected chi connectivity index (χ1v) is 7.23. The third-order valence-electron chi connectivity index (χ3n) is 3.68. The number of likely N-dealkylation sites (N-methyl/N-ethyl adjacent to an activating group) is 1. The van der Waals surface area contributed by atoms with E-state index in [0.717, 1.165) is 34.9 Å². The van der Waals surface area contributed by atoms with Crippen LogP contribution in [-0.2, 0) is 26.9 Å². The van der Waals surface area contributed by atoms with Gasteiger partial charge in [0.25, 0.3) is 0 Å². The van der Waals surface area contributed by atoms with E-state index in [9.17, 15) is 0 Å². The standard InChI is InChI=1S/C14H22ClN5/c1-6-11-14(15)13(20(5)18-11)7-12(16-3)10-8-19(4)17-9(10)2/h8,12,16H,6-7H2,1-5H3. The maximum Gasteiger partial charge on any atom is 0.0850 e. The van der Waals surface area contributed by atoms with Crippen LogP contribution >= 0.6 is 11.6 Å². The third-order valence-corrected chi connectivity index (χ3v) is 4.11. The number of hydrogen-bond acceptors (Lipinski definition) is 3. The van der Waals surface area contributed by atoms with Gasteiger partial charge in [0, 0.05) is 38.3 Å². The molecule has 2 rings (SSSR count). The van der Waals surface area contributed by atoms with Gasteiger partial charge in [-0.1, -0.05) is 18.5 Å². The van der Waals surface area contributed by atoms with Gasteiger partial charge >= 0.3 is 0 Å². The van der Waals surface area contributed by atoms with Gasteiger partial charge in [0.05, 0.1) is 22.1 Å². The molecule has 1 atom stereocenters. The van der Waals surface area contributed by atoms with Gasteiger partial charge in [-0.15, -0.1) is 0 Å². The Balaban J connectivity index is 2.31. The second kappa shape index (κ2) is 5.97. The second-order valence-electron chi connectivity index (χ2n) is 5.07. The molecular formula is C14H22ClN5. The summed E-state index contributed by atoms with van der Waals surface area (Å²) < 4.78 is 3.73. The van der Waals surface area contributed by atoms with Crippen molar-refractivity contribution in [2.24, 2.45) is 14.1 Å². The van der Waals surface area contributed by atoms with E-state index in [0.29, 0.717) is 0 Å². The molecule has 0 spiro atoms. The van der Waals surface area contributed by atoms with E-state index < -0.39 is 0 Å². The summed E-state index contributed by atoms with van der Waals surface area (Å²) in [5.74, 6) is 0. The molecule has 1 unspecified atom stereocenters. The van der Waals surface area contributed by atoms with E-state index in [4.69, 9.17) is 11.6 Å². The minimum atomic E-state index is 0.182. The summed E-state index contributed by atoms with van der Waals surface area (Å²) in [6, 6.07) is 0.182. The minimum Gasteiger partial charge on any atom is -0.313 e. The van der Waals surface area contributed by atoms with E-state index in [-0.39, 0.29) is 6.04 Å². The van der Waals surface area contributed by atoms with Crippen molar-refractivity contribution in [2.75, 3.05) is 7.05 Å². The molecule has 2 aromatic rings. The Bertz CT molecular complexity index is 599. The highest BCUT2D eigenvalue weighted by molar-refractivity contribution is 6.31. The number of aryl methyl sites for hydroxylation is 4. The summed E-state index contributed by atoms with van der Waals surface area (Å²) in [7, 11) is 5.85. The number of nitrogens with zero attached hydrogens (tertiary/aromatic N) is 4. The monoisotopic (exact) mass is 295 g/mol. The Morgan fingerprint density at radius 1 is 1.35 bits per heavy atom. The Hall–Kier alpha value is -1.33. The van der Waals surface area contributed by atoms with Gasteiger partial charge in [0.1, 0.15) is 0 Å². The molecule has 0 fully saturated rings. The van der Waals surface area contributed by atoms with E-state index in [1.165, 1.54) is 5.56 Å². The van der Waals surface area contributed by atoms with Crippen molar-refractivity contribution in [3.05, 3.63) is 33.9 Å². The zero-order valence-corrected chi connectivity index (χ0v) is 13.5. The molecule has 5 nitrogen and oxygen atoms in total. The van der Waals surface area contributed by atoms with E-state index in [2.05, 4.69) is 28.6 Å². The molecule has 2 heterocycles. The predicted octanol–water partition coefficient (Wildman–Crippen LogP) is 2.18. The molecule has 0 aliphatic carbocycles. The molecule has 1 N–H and O–H groups in total. The van der Waals surface area contributed by atoms with Crippen LogP contribution in [0.5, 0.6) is 0 Å². The molecule has 0 saturated carbocycles. The van der Waals surface area contributed by atoms with Crippen molar-refractivity contribution in [1.82, 2.24) is 24.9 Å². The Morgan fingerprint density at radius 3 is 2.50 bits per heavy atom. The van der Waals surface area contributed by atoms with Crippen molar-refractivity contribution in [2.45, 2.75) is 32.7 Å². The molecule has 0 aliphatic rings. The first kappa shape index (κ1) is 15.1. The lowest BCUT2D eigenvalue weighted by atomic mass is 10.0. The van der Waals surface area contributed by atoms with Crippen LogP contribution in [0.2, 0.25) is 5.02 Å². The fraction of sp³-hybridized carbons (Fsp3) is 0.571. The first-order valence-electron chi connectivity index (χ1n) is 6.85. The summed E-state index contributed by atoms with van der Waals surface area (Å²) >= 11 is 6.43. The highest BCUT2D eigenvalue weighted by Crippen LogP contribution is 2.27. The van der Waals surface area contributed by atoms with Crippen molar-refractivity contribution >= 4 is 11.6 Å². The van der Waals surface area contributed by atoms with Crippen LogP contribution in [0.3, 0.4) is 0 Å². The van der Waals surface area contributed by atoms with E-state index >= 15 is 0 Å². The van der Waals surface area contributed by atoms with Gasteiger partial charge < -0.3 is 5.32 Å². The largest absolute Gasteiger partial charge is 0.313 e. The van der Waals surface area contributed by atoms with Crippen LogP contribution < -0.4 is 5.32 Å². The maximum absolute atomic E-state index is 6.43. The number of hydrogen-bond donors (Lipinski definition) is 1. The van der Waals surface area contributed by atoms with Crippen LogP contribution in [-0.4, -0.2) is 26.6 Å². The van der Waals surface area contributed by atoms with E-state index in [1.807, 2.05) is 37.4 Å². The lowest BCUT2D eigenvalue weighted by molar-refractivity contribution is 0.558. The quantitative estimate of drug-likeness (QED) is 0.920. The topological polar surface area (TPSA) is 47.7 Å². The fourth-order valence-corrected chi connectivity index (χ4v) is 2.93. The molecule has 0 bridgehead atoms. The number of nitrogens with one attached hydrogen (secondary N) is 1. The fourth-order valence-electron chi connectivity index (χ4n) is 2.56. The predicted molar refractivity (Wildman–Crippen MR) is 81.0 cm³/mol. The summed E-state index contributed by atoms with van der Waals surface area (Å²) in [5.41, 5.74) is 4.26. The molecule has 0 amide bonds. The summed E-state index contributed by atoms with van der Waals surface area (Å²) in [6.07, 6.45) is 3.70. The van der Waals surface area contributed by atoms with Crippen molar-refractivity contribution < 1.29 is 0 Å². The SMILES string of the molecule is CCc1nn(C)c(CC(NC)c2cn(C)nc2C)c1Cl. The minimum absolute atomic E-state index is 0.182. The molecule has 20 heavy (non-hydrogen) atoms. The summed E-state index contributed by atoms with van der Waals surface area (Å²) in [6.45, 7) is 4.10. The van der Waals surface area contributed by atoms with Gasteiger partial charge in [-0.25, -0.2) is 0 Å². The Labute approximate surface area is 124 Å². The molecule has 110 valence electrons. The average molecular weight is 296 g/mol. The number of rotatable bonds is 5. The third kappa shape index (κ3) is 2.74. The normalized spacial score (nSPS) is 12.9. The van der Waals surface area contributed by atoms with E-state index in [1.54, 1.807) is 0 Å². The Morgan fingerprint density at radius 2 is 2.05 bits per heavy atom. The molecular weight excluding hydrogens is 274 g/mol. The highest BCUT2D eigenvalue weighted by Gasteiger charge is 2.20. The lowest BCUT2D eigenvalue weighted by Crippen LogP contribution is -2.20. The average Bonchev–Trinajstić information content (AvgIpc) is 2.87. The molecule has 0 saturated heterocycles. The maximum atomic E-state index is 6.43. The van der Waals surface area contributed by atoms with Gasteiger partial charge in [-0.2, -0.15) is 10.2 Å². The Kier molecular flexibility index (Phi) is 4.50. The zero-order valence-electron chi connectivity index (χ0n) is 12.7. The number of aromatic nitrogens is 4. The van der Waals surface area contributed by atoms with Crippen molar-refractivity contribution in [1.29, 1.82) is 0 Å². The first-order chi connectivity index (χ1) is 9.47. The smallest absolute Gasteiger partial charge is 0.0850 e. The zero-order chi connectivity index (χ0) is 14.9. The summed E-state index contributed by atoms with van der Waals surface area (Å²) in [4.78, 5) is 0. The molecule has 0 aromatic carbocycles. The van der Waals surface area contributed by atoms with Crippen LogP contribution in [0.25, 0.3) is 0 Å². The van der Waals surface area contributed by atoms with Crippen LogP contribution in [0.15, 0.2) is 6.20 Å². The lowest BCUT2D eigenvalue weighted by Gasteiger charge is -2.16. The number of halogens is 1. The van der Waals surface area contributed by atoms with Gasteiger partial charge in [-0.05, 0) is 20.4 Å². The molecule has 2 aromatic heterocycles. The summed E-state index contributed by atoms with van der Waals surface area (Å²) in [5, 5.41) is 13.0. The van der Waals surface area contributed by atoms with Crippen molar-refractivity contribution in [3.8, 4) is 0 Å². The van der Waals surface area contributed by atoms with Gasteiger partial charge in [0.15, 0.2) is 0 Å². The van der Waals surface area contributed by atoms with Crippen LogP contribution in [0, 0.1) is 6.92 Å². The van der Waals surface area contributed by atoms with Crippen molar-refractivity contribution in [3.63, 3.8) is 0 Å². The second-order valence-corrected chi connectivity index (χ2v) is 5.45. The van der Waals surface area contributed by atoms with Crippen LogP contribution in [0.4, 0.5) is 0 Å². The van der Waals surface area contributed by atoms with Gasteiger partial charge in [0.2, 0.25) is 0 Å². The van der Waals surface area contributed by atoms with Crippen LogP contribution in [0.1, 0.15) is 35.6 Å². The molecule has 6 heteroatoms. The molecule has 0 radical (unpaired) electrons. The molecule has 0 aliphatic heterocycles.